The molecular weight excluding hydrogens is 204 g/mol. The van der Waals surface area contributed by atoms with E-state index in [9.17, 15) is 4.79 Å². The molecule has 1 N–H and O–H groups in total. The quantitative estimate of drug-likeness (QED) is 0.700. The molecular formula is C8H9ClN4O. The molecule has 1 aliphatic carbocycles. The van der Waals surface area contributed by atoms with Crippen LogP contribution >= 0.6 is 11.6 Å². The van der Waals surface area contributed by atoms with Gasteiger partial charge >= 0.3 is 5.69 Å². The van der Waals surface area contributed by atoms with Gasteiger partial charge in [0.1, 0.15) is 0 Å². The number of aromatic amines is 1. The zero-order chi connectivity index (χ0) is 10.1. The van der Waals surface area contributed by atoms with Crippen LogP contribution in [0.1, 0.15) is 13.3 Å². The molecule has 1 atom stereocenters. The van der Waals surface area contributed by atoms with Crippen LogP contribution < -0.4 is 5.69 Å². The minimum atomic E-state index is -0.352. The number of alkyl halides is 1. The van der Waals surface area contributed by atoms with Crippen molar-refractivity contribution in [2.24, 2.45) is 0 Å². The summed E-state index contributed by atoms with van der Waals surface area (Å²) in [6.07, 6.45) is 4.53. The van der Waals surface area contributed by atoms with Gasteiger partial charge in [-0.1, -0.05) is 6.08 Å². The smallest absolute Gasteiger partial charge is 0.244 e. The topological polar surface area (TPSA) is 63.6 Å². The molecule has 1 unspecified atom stereocenters. The van der Waals surface area contributed by atoms with Crippen LogP contribution in [0.2, 0.25) is 0 Å². The Hall–Kier alpha value is -1.36. The van der Waals surface area contributed by atoms with Crippen LogP contribution in [-0.4, -0.2) is 25.6 Å². The van der Waals surface area contributed by atoms with E-state index in [1.165, 1.54) is 4.68 Å². The first-order valence-electron chi connectivity index (χ1n) is 4.22. The predicted molar refractivity (Wildman–Crippen MR) is 52.9 cm³/mol. The molecule has 0 saturated heterocycles. The Morgan fingerprint density at radius 1 is 1.71 bits per heavy atom. The summed E-state index contributed by atoms with van der Waals surface area (Å²) in [5, 5.41) is 9.24. The molecule has 14 heavy (non-hydrogen) atoms. The van der Waals surface area contributed by atoms with E-state index in [1.807, 2.05) is 19.1 Å². The van der Waals surface area contributed by atoms with Crippen molar-refractivity contribution in [3.8, 4) is 0 Å². The van der Waals surface area contributed by atoms with E-state index in [1.54, 1.807) is 0 Å². The third kappa shape index (κ3) is 1.39. The highest BCUT2D eigenvalue weighted by molar-refractivity contribution is 6.23. The van der Waals surface area contributed by atoms with Gasteiger partial charge in [0.05, 0.1) is 11.1 Å². The number of hydrogen-bond donors (Lipinski definition) is 1. The number of hydrogen-bond acceptors (Lipinski definition) is 3. The SMILES string of the molecule is CC1=C(n2nn[nH]c2=O)C=CCC1Cl. The molecule has 1 aromatic heterocycles. The third-order valence-electron chi connectivity index (χ3n) is 2.19. The lowest BCUT2D eigenvalue weighted by atomic mass is 10.0. The number of nitrogens with zero attached hydrogens (tertiary/aromatic N) is 3. The fraction of sp³-hybridized carbons (Fsp3) is 0.375. The molecule has 2 rings (SSSR count). The predicted octanol–water partition coefficient (Wildman–Crippen LogP) is 0.765. The monoisotopic (exact) mass is 212 g/mol. The number of allylic oxidation sites excluding steroid dienone is 4. The van der Waals surface area contributed by atoms with Crippen molar-refractivity contribution in [2.75, 3.05) is 0 Å². The first-order valence-corrected chi connectivity index (χ1v) is 4.66. The van der Waals surface area contributed by atoms with Crippen LogP contribution in [-0.2, 0) is 0 Å². The van der Waals surface area contributed by atoms with Gasteiger partial charge in [-0.3, -0.25) is 0 Å². The first-order chi connectivity index (χ1) is 6.70. The molecule has 0 aromatic carbocycles. The Morgan fingerprint density at radius 2 is 2.50 bits per heavy atom. The van der Waals surface area contributed by atoms with Crippen molar-refractivity contribution in [1.82, 2.24) is 20.2 Å². The van der Waals surface area contributed by atoms with Crippen LogP contribution in [0.25, 0.3) is 5.70 Å². The maximum Gasteiger partial charge on any atom is 0.365 e. The molecule has 0 aliphatic heterocycles. The molecule has 1 heterocycles. The summed E-state index contributed by atoms with van der Waals surface area (Å²) in [7, 11) is 0. The molecule has 0 radical (unpaired) electrons. The van der Waals surface area contributed by atoms with Gasteiger partial charge < -0.3 is 0 Å². The van der Waals surface area contributed by atoms with Crippen molar-refractivity contribution >= 4 is 17.3 Å². The van der Waals surface area contributed by atoms with Crippen LogP contribution in [0.15, 0.2) is 22.5 Å². The highest BCUT2D eigenvalue weighted by Crippen LogP contribution is 2.24. The van der Waals surface area contributed by atoms with Crippen molar-refractivity contribution in [2.45, 2.75) is 18.7 Å². The summed E-state index contributed by atoms with van der Waals surface area (Å²) in [5.74, 6) is 0. The van der Waals surface area contributed by atoms with Crippen LogP contribution in [0.3, 0.4) is 0 Å². The van der Waals surface area contributed by atoms with Crippen molar-refractivity contribution in [3.63, 3.8) is 0 Å². The largest absolute Gasteiger partial charge is 0.365 e. The molecule has 0 saturated carbocycles. The lowest BCUT2D eigenvalue weighted by molar-refractivity contribution is 0.783. The average molecular weight is 213 g/mol. The number of nitrogens with one attached hydrogen (secondary N) is 1. The molecule has 0 bridgehead atoms. The number of tetrazole rings is 1. The van der Waals surface area contributed by atoms with E-state index in [0.29, 0.717) is 5.70 Å². The average Bonchev–Trinajstić information content (AvgIpc) is 2.57. The Labute approximate surface area is 85.0 Å². The summed E-state index contributed by atoms with van der Waals surface area (Å²) in [6.45, 7) is 1.89. The van der Waals surface area contributed by atoms with Gasteiger partial charge in [0.2, 0.25) is 0 Å². The van der Waals surface area contributed by atoms with Crippen LogP contribution in [0.4, 0.5) is 0 Å². The summed E-state index contributed by atoms with van der Waals surface area (Å²) in [6, 6.07) is 0. The Kier molecular flexibility index (Phi) is 2.25. The van der Waals surface area contributed by atoms with Gasteiger partial charge in [-0.05, 0) is 35.4 Å². The van der Waals surface area contributed by atoms with Crippen molar-refractivity contribution in [3.05, 3.63) is 28.2 Å². The molecule has 0 amide bonds. The Morgan fingerprint density at radius 3 is 3.14 bits per heavy atom. The number of aromatic nitrogens is 4. The minimum absolute atomic E-state index is 0.0707. The number of rotatable bonds is 1. The van der Waals surface area contributed by atoms with Crippen LogP contribution in [0.5, 0.6) is 0 Å². The van der Waals surface area contributed by atoms with Gasteiger partial charge in [-0.2, -0.15) is 4.68 Å². The van der Waals surface area contributed by atoms with E-state index in [4.69, 9.17) is 11.6 Å². The van der Waals surface area contributed by atoms with Gasteiger partial charge in [-0.25, -0.2) is 9.89 Å². The second kappa shape index (κ2) is 3.42. The molecule has 5 nitrogen and oxygen atoms in total. The first kappa shape index (κ1) is 9.21. The van der Waals surface area contributed by atoms with E-state index in [2.05, 4.69) is 15.5 Å². The lowest BCUT2D eigenvalue weighted by Crippen LogP contribution is -2.20. The zero-order valence-corrected chi connectivity index (χ0v) is 8.32. The zero-order valence-electron chi connectivity index (χ0n) is 7.57. The van der Waals surface area contributed by atoms with Gasteiger partial charge in [0.15, 0.2) is 0 Å². The van der Waals surface area contributed by atoms with E-state index >= 15 is 0 Å². The molecule has 6 heteroatoms. The number of halogens is 1. The second-order valence-corrected chi connectivity index (χ2v) is 3.62. The van der Waals surface area contributed by atoms with E-state index in [0.717, 1.165) is 12.0 Å². The molecule has 1 aliphatic rings. The second-order valence-electron chi connectivity index (χ2n) is 3.09. The normalized spacial score (nSPS) is 21.7. The fourth-order valence-corrected chi connectivity index (χ4v) is 1.58. The third-order valence-corrected chi connectivity index (χ3v) is 2.70. The van der Waals surface area contributed by atoms with E-state index < -0.39 is 0 Å². The highest BCUT2D eigenvalue weighted by Gasteiger charge is 2.16. The molecule has 74 valence electrons. The molecule has 1 aromatic rings. The standard InChI is InChI=1S/C8H9ClN4O/c1-5-6(9)3-2-4-7(5)13-8(14)10-11-12-13/h2,4,6H,3H2,1H3,(H,10,12,14). The summed E-state index contributed by atoms with van der Waals surface area (Å²) >= 11 is 6.05. The number of H-pyrrole nitrogens is 1. The van der Waals surface area contributed by atoms with Gasteiger partial charge in [0.25, 0.3) is 0 Å². The van der Waals surface area contributed by atoms with Crippen LogP contribution in [0, 0.1) is 0 Å². The van der Waals surface area contributed by atoms with E-state index in [-0.39, 0.29) is 11.1 Å². The Balaban J connectivity index is 2.54. The summed E-state index contributed by atoms with van der Waals surface area (Å²) < 4.78 is 1.21. The van der Waals surface area contributed by atoms with Crippen molar-refractivity contribution in [1.29, 1.82) is 0 Å². The molecule has 0 spiro atoms. The molecule has 0 fully saturated rings. The Bertz CT molecular complexity index is 456. The summed E-state index contributed by atoms with van der Waals surface area (Å²) in [4.78, 5) is 11.2. The summed E-state index contributed by atoms with van der Waals surface area (Å²) in [5.41, 5.74) is 1.29. The fourth-order valence-electron chi connectivity index (χ4n) is 1.36. The van der Waals surface area contributed by atoms with Crippen molar-refractivity contribution < 1.29 is 0 Å². The maximum absolute atomic E-state index is 11.2. The minimum Gasteiger partial charge on any atom is -0.244 e. The highest BCUT2D eigenvalue weighted by atomic mass is 35.5. The van der Waals surface area contributed by atoms with Gasteiger partial charge in [0, 0.05) is 0 Å². The lowest BCUT2D eigenvalue weighted by Gasteiger charge is -2.15. The van der Waals surface area contributed by atoms with Gasteiger partial charge in [-0.15, -0.1) is 11.6 Å². The maximum atomic E-state index is 11.2.